The highest BCUT2D eigenvalue weighted by Gasteiger charge is 2.49. The lowest BCUT2D eigenvalue weighted by atomic mass is 9.96. The molecule has 2 aromatic carbocycles. The van der Waals surface area contributed by atoms with Crippen LogP contribution < -0.4 is 4.90 Å². The van der Waals surface area contributed by atoms with Gasteiger partial charge in [-0.2, -0.15) is 0 Å². The number of rotatable bonds is 6. The lowest BCUT2D eigenvalue weighted by Crippen LogP contribution is -2.29. The molecule has 1 saturated heterocycles. The number of Topliss-reactive ketones (excluding diaryl/α,β-unsaturated/α-hetero) is 1. The molecule has 0 spiro atoms. The molecule has 1 fully saturated rings. The van der Waals surface area contributed by atoms with E-state index >= 15 is 0 Å². The molecule has 1 aliphatic rings. The van der Waals surface area contributed by atoms with E-state index in [1.807, 2.05) is 30.3 Å². The number of carbonyl (C=O) groups is 2. The monoisotopic (exact) mass is 607 g/mol. The van der Waals surface area contributed by atoms with Gasteiger partial charge in [-0.1, -0.05) is 82.7 Å². The zero-order valence-electron chi connectivity index (χ0n) is 20.8. The Balaban J connectivity index is 1.45. The van der Waals surface area contributed by atoms with Gasteiger partial charge in [-0.25, -0.2) is 4.98 Å². The minimum atomic E-state index is -0.985. The number of imidazole rings is 1. The first-order valence-electron chi connectivity index (χ1n) is 12.0. The van der Waals surface area contributed by atoms with Gasteiger partial charge in [0.2, 0.25) is 5.13 Å². The van der Waals surface area contributed by atoms with Gasteiger partial charge >= 0.3 is 5.91 Å². The van der Waals surface area contributed by atoms with Crippen molar-refractivity contribution in [3.8, 4) is 0 Å². The van der Waals surface area contributed by atoms with Gasteiger partial charge in [0.05, 0.1) is 17.3 Å². The van der Waals surface area contributed by atoms with Gasteiger partial charge in [0, 0.05) is 22.0 Å². The lowest BCUT2D eigenvalue weighted by molar-refractivity contribution is -0.132. The van der Waals surface area contributed by atoms with Crippen molar-refractivity contribution in [1.82, 2.24) is 19.6 Å². The maximum Gasteiger partial charge on any atom is 0.301 e. The number of ketones is 1. The SMILES string of the molecule is Cc1nc2ccccn2c1C(O)=C1C(=O)C(=O)N(c2nnc(SCc3ccccc3Cl)s2)C1c1cccc(Cl)c1. The highest BCUT2D eigenvalue weighted by atomic mass is 35.5. The van der Waals surface area contributed by atoms with Crippen molar-refractivity contribution in [2.45, 2.75) is 23.1 Å². The molecule has 1 aliphatic heterocycles. The summed E-state index contributed by atoms with van der Waals surface area (Å²) in [7, 11) is 0. The van der Waals surface area contributed by atoms with Crippen LogP contribution in [0.25, 0.3) is 11.4 Å². The predicted octanol–water partition coefficient (Wildman–Crippen LogP) is 6.72. The Morgan fingerprint density at radius 1 is 1.05 bits per heavy atom. The van der Waals surface area contributed by atoms with Crippen molar-refractivity contribution in [2.75, 3.05) is 4.90 Å². The first-order valence-corrected chi connectivity index (χ1v) is 14.6. The molecule has 4 heterocycles. The van der Waals surface area contributed by atoms with Crippen molar-refractivity contribution in [1.29, 1.82) is 0 Å². The fraction of sp³-hybridized carbons (Fsp3) is 0.107. The summed E-state index contributed by atoms with van der Waals surface area (Å²) in [6.07, 6.45) is 1.74. The Kier molecular flexibility index (Phi) is 7.09. The van der Waals surface area contributed by atoms with Gasteiger partial charge in [0.25, 0.3) is 5.78 Å². The van der Waals surface area contributed by atoms with Crippen LogP contribution in [-0.2, 0) is 15.3 Å². The number of carbonyl (C=O) groups excluding carboxylic acids is 2. The van der Waals surface area contributed by atoms with E-state index in [4.69, 9.17) is 23.2 Å². The molecule has 0 radical (unpaired) electrons. The fourth-order valence-corrected chi connectivity index (χ4v) is 7.01. The Bertz CT molecular complexity index is 1830. The Morgan fingerprint density at radius 2 is 1.85 bits per heavy atom. The number of aromatic nitrogens is 4. The van der Waals surface area contributed by atoms with Crippen molar-refractivity contribution in [3.05, 3.63) is 111 Å². The van der Waals surface area contributed by atoms with Crippen LogP contribution in [0.3, 0.4) is 0 Å². The molecule has 6 rings (SSSR count). The van der Waals surface area contributed by atoms with E-state index in [0.717, 1.165) is 5.56 Å². The summed E-state index contributed by atoms with van der Waals surface area (Å²) in [5, 5.41) is 21.4. The van der Waals surface area contributed by atoms with Gasteiger partial charge in [-0.15, -0.1) is 10.2 Å². The van der Waals surface area contributed by atoms with Crippen LogP contribution in [0.15, 0.2) is 82.8 Å². The summed E-state index contributed by atoms with van der Waals surface area (Å²) in [4.78, 5) is 32.9. The second-order valence-electron chi connectivity index (χ2n) is 8.93. The molecule has 1 amide bonds. The first-order chi connectivity index (χ1) is 19.3. The minimum Gasteiger partial charge on any atom is -0.505 e. The van der Waals surface area contributed by atoms with Crippen LogP contribution in [0, 0.1) is 6.92 Å². The maximum atomic E-state index is 13.6. The third-order valence-corrected chi connectivity index (χ3v) is 9.16. The van der Waals surface area contributed by atoms with Crippen LogP contribution in [0.2, 0.25) is 10.0 Å². The molecular weight excluding hydrogens is 589 g/mol. The van der Waals surface area contributed by atoms with Crippen molar-refractivity contribution in [3.63, 3.8) is 0 Å². The van der Waals surface area contributed by atoms with Gasteiger partial charge in [0.1, 0.15) is 11.3 Å². The molecule has 3 aromatic heterocycles. The average Bonchev–Trinajstić information content (AvgIpc) is 3.61. The quantitative estimate of drug-likeness (QED) is 0.0751. The second kappa shape index (κ2) is 10.7. The fourth-order valence-electron chi connectivity index (χ4n) is 4.66. The lowest BCUT2D eigenvalue weighted by Gasteiger charge is -2.22. The topological polar surface area (TPSA) is 101 Å². The van der Waals surface area contributed by atoms with E-state index in [9.17, 15) is 14.7 Å². The summed E-state index contributed by atoms with van der Waals surface area (Å²) in [6.45, 7) is 1.74. The number of halogens is 2. The van der Waals surface area contributed by atoms with Crippen molar-refractivity contribution in [2.24, 2.45) is 0 Å². The molecule has 200 valence electrons. The van der Waals surface area contributed by atoms with E-state index in [1.54, 1.807) is 53.9 Å². The summed E-state index contributed by atoms with van der Waals surface area (Å²) in [5.74, 6) is -1.44. The Morgan fingerprint density at radius 3 is 2.65 bits per heavy atom. The summed E-state index contributed by atoms with van der Waals surface area (Å²) in [5.41, 5.74) is 2.83. The first kappa shape index (κ1) is 26.5. The number of benzene rings is 2. The summed E-state index contributed by atoms with van der Waals surface area (Å²) in [6, 6.07) is 18.8. The number of aliphatic hydroxyl groups excluding tert-OH is 1. The standard InChI is InChI=1S/C28H19Cl2N5O3S2/c1-15-22(34-12-5-4-11-20(34)31-15)24(36)21-23(16-8-6-9-18(29)13-16)35(26(38)25(21)37)27-32-33-28(40-27)39-14-17-7-2-3-10-19(17)30/h2-13,23,36H,14H2,1H3. The molecule has 12 heteroatoms. The zero-order chi connectivity index (χ0) is 28.0. The molecule has 40 heavy (non-hydrogen) atoms. The number of thioether (sulfide) groups is 1. The van der Waals surface area contributed by atoms with Gasteiger partial charge < -0.3 is 5.11 Å². The smallest absolute Gasteiger partial charge is 0.301 e. The Hall–Kier alpha value is -3.70. The molecule has 1 unspecified atom stereocenters. The number of aliphatic hydroxyl groups is 1. The number of anilines is 1. The van der Waals surface area contributed by atoms with E-state index in [1.165, 1.54) is 28.0 Å². The van der Waals surface area contributed by atoms with Gasteiger partial charge in [-0.3, -0.25) is 18.9 Å². The second-order valence-corrected chi connectivity index (χ2v) is 12.0. The number of hydrogen-bond donors (Lipinski definition) is 1. The number of hydrogen-bond acceptors (Lipinski definition) is 8. The molecule has 1 N–H and O–H groups in total. The van der Waals surface area contributed by atoms with Crippen LogP contribution in [0.4, 0.5) is 5.13 Å². The van der Waals surface area contributed by atoms with Crippen LogP contribution in [-0.4, -0.2) is 36.4 Å². The number of fused-ring (bicyclic) bond motifs is 1. The predicted molar refractivity (Wildman–Crippen MR) is 157 cm³/mol. The summed E-state index contributed by atoms with van der Waals surface area (Å²) >= 11 is 15.2. The van der Waals surface area contributed by atoms with Crippen LogP contribution in [0.1, 0.15) is 28.6 Å². The van der Waals surface area contributed by atoms with Crippen LogP contribution >= 0.6 is 46.3 Å². The normalized spacial score (nSPS) is 16.8. The molecule has 0 aliphatic carbocycles. The largest absolute Gasteiger partial charge is 0.505 e. The third kappa shape index (κ3) is 4.66. The summed E-state index contributed by atoms with van der Waals surface area (Å²) < 4.78 is 2.28. The molecule has 1 atom stereocenters. The van der Waals surface area contributed by atoms with Gasteiger partial charge in [0.15, 0.2) is 10.1 Å². The minimum absolute atomic E-state index is 0.0820. The molecule has 0 saturated carbocycles. The number of nitrogens with zero attached hydrogens (tertiary/aromatic N) is 5. The van der Waals surface area contributed by atoms with E-state index in [-0.39, 0.29) is 16.5 Å². The number of amides is 1. The van der Waals surface area contributed by atoms with Crippen molar-refractivity contribution >= 4 is 74.5 Å². The van der Waals surface area contributed by atoms with Gasteiger partial charge in [-0.05, 0) is 48.4 Å². The molecule has 0 bridgehead atoms. The third-order valence-electron chi connectivity index (χ3n) is 6.45. The Labute approximate surface area is 246 Å². The molecule has 8 nitrogen and oxygen atoms in total. The average molecular weight is 609 g/mol. The highest BCUT2D eigenvalue weighted by molar-refractivity contribution is 8.00. The number of pyridine rings is 1. The van der Waals surface area contributed by atoms with E-state index in [2.05, 4.69) is 15.2 Å². The van der Waals surface area contributed by atoms with Crippen LogP contribution in [0.5, 0.6) is 0 Å². The molecular formula is C28H19Cl2N5O3S2. The van der Waals surface area contributed by atoms with E-state index in [0.29, 0.717) is 42.7 Å². The van der Waals surface area contributed by atoms with Crippen molar-refractivity contribution < 1.29 is 14.7 Å². The maximum absolute atomic E-state index is 13.6. The highest BCUT2D eigenvalue weighted by Crippen LogP contribution is 2.44. The van der Waals surface area contributed by atoms with E-state index < -0.39 is 17.7 Å². The zero-order valence-corrected chi connectivity index (χ0v) is 23.9. The molecule has 5 aromatic rings. The number of aryl methyl sites for hydroxylation is 1.